The van der Waals surface area contributed by atoms with Crippen LogP contribution in [-0.2, 0) is 0 Å². The second-order valence-corrected chi connectivity index (χ2v) is 7.65. The number of ether oxygens (including phenoxy) is 1. The Kier molecular flexibility index (Phi) is 5.69. The molecule has 1 aromatic heterocycles. The first-order valence-corrected chi connectivity index (χ1v) is 10.2. The summed E-state index contributed by atoms with van der Waals surface area (Å²) in [6, 6.07) is 18.9. The average molecular weight is 429 g/mol. The molecule has 0 bridgehead atoms. The molecule has 1 unspecified atom stereocenters. The van der Waals surface area contributed by atoms with E-state index in [1.807, 2.05) is 44.2 Å². The van der Waals surface area contributed by atoms with Crippen LogP contribution in [0.1, 0.15) is 34.5 Å². The normalized spacial score (nSPS) is 11.8. The molecule has 0 saturated heterocycles. The average Bonchev–Trinajstić information content (AvgIpc) is 2.79. The van der Waals surface area contributed by atoms with E-state index in [-0.39, 0.29) is 17.0 Å². The number of carbonyl (C=O) groups is 1. The predicted octanol–water partition coefficient (Wildman–Crippen LogP) is 5.65. The molecule has 0 aliphatic heterocycles. The molecule has 6 heteroatoms. The molecule has 1 heterocycles. The van der Waals surface area contributed by atoms with Crippen LogP contribution >= 0.6 is 0 Å². The van der Waals surface area contributed by atoms with E-state index in [1.54, 1.807) is 37.4 Å². The molecule has 0 amide bonds. The number of carboxylic acid groups (broad SMARTS) is 1. The standard InChI is InChI=1S/C26H23NO5/c1-15-12-20(16(2)27-22-7-5-4-6-19(22)26(29)30)25-21(13-15)23(28)14-24(32-25)17-8-10-18(31-3)11-9-17/h4-14,16,27H,1-3H3,(H,29,30). The van der Waals surface area contributed by atoms with E-state index >= 15 is 0 Å². The molecule has 162 valence electrons. The van der Waals surface area contributed by atoms with Crippen molar-refractivity contribution in [2.45, 2.75) is 19.9 Å². The largest absolute Gasteiger partial charge is 0.497 e. The Morgan fingerprint density at radius 1 is 1.06 bits per heavy atom. The molecule has 0 radical (unpaired) electrons. The SMILES string of the molecule is COc1ccc(-c2cc(=O)c3cc(C)cc(C(C)Nc4ccccc4C(=O)O)c3o2)cc1. The van der Waals surface area contributed by atoms with Gasteiger partial charge in [0.1, 0.15) is 17.1 Å². The van der Waals surface area contributed by atoms with E-state index < -0.39 is 5.97 Å². The molecular formula is C26H23NO5. The summed E-state index contributed by atoms with van der Waals surface area (Å²) in [4.78, 5) is 24.5. The van der Waals surface area contributed by atoms with Crippen molar-refractivity contribution in [1.29, 1.82) is 0 Å². The van der Waals surface area contributed by atoms with Gasteiger partial charge in [0.25, 0.3) is 0 Å². The highest BCUT2D eigenvalue weighted by Gasteiger charge is 2.18. The zero-order valence-corrected chi connectivity index (χ0v) is 18.0. The minimum absolute atomic E-state index is 0.139. The molecule has 3 aromatic carbocycles. The molecule has 6 nitrogen and oxygen atoms in total. The molecule has 0 aliphatic rings. The van der Waals surface area contributed by atoms with Crippen LogP contribution in [0.2, 0.25) is 0 Å². The molecule has 0 fully saturated rings. The van der Waals surface area contributed by atoms with E-state index in [0.717, 1.165) is 16.7 Å². The second-order valence-electron chi connectivity index (χ2n) is 7.65. The number of aromatic carboxylic acids is 1. The summed E-state index contributed by atoms with van der Waals surface area (Å²) in [5.74, 6) is 0.152. The maximum Gasteiger partial charge on any atom is 0.337 e. The third-order valence-electron chi connectivity index (χ3n) is 5.37. The van der Waals surface area contributed by atoms with Crippen molar-refractivity contribution in [3.8, 4) is 17.1 Å². The van der Waals surface area contributed by atoms with Gasteiger partial charge in [0.05, 0.1) is 24.1 Å². The summed E-state index contributed by atoms with van der Waals surface area (Å²) < 4.78 is 11.4. The monoisotopic (exact) mass is 429 g/mol. The Morgan fingerprint density at radius 2 is 1.78 bits per heavy atom. The van der Waals surface area contributed by atoms with E-state index in [0.29, 0.717) is 28.2 Å². The van der Waals surface area contributed by atoms with Crippen LogP contribution in [0.5, 0.6) is 5.75 Å². The molecular weight excluding hydrogens is 406 g/mol. The molecule has 4 aromatic rings. The van der Waals surface area contributed by atoms with Crippen LogP contribution in [0.15, 0.2) is 75.9 Å². The molecule has 4 rings (SSSR count). The molecule has 32 heavy (non-hydrogen) atoms. The van der Waals surface area contributed by atoms with Crippen molar-refractivity contribution >= 4 is 22.6 Å². The number of nitrogens with one attached hydrogen (secondary N) is 1. The number of fused-ring (bicyclic) bond motifs is 1. The Balaban J connectivity index is 1.82. The van der Waals surface area contributed by atoms with Crippen molar-refractivity contribution in [3.63, 3.8) is 0 Å². The lowest BCUT2D eigenvalue weighted by atomic mass is 10.00. The topological polar surface area (TPSA) is 88.8 Å². The summed E-state index contributed by atoms with van der Waals surface area (Å²) >= 11 is 0. The highest BCUT2D eigenvalue weighted by molar-refractivity contribution is 5.94. The van der Waals surface area contributed by atoms with Gasteiger partial charge in [0.15, 0.2) is 5.43 Å². The predicted molar refractivity (Wildman–Crippen MR) is 125 cm³/mol. The number of methoxy groups -OCH3 is 1. The fourth-order valence-electron chi connectivity index (χ4n) is 3.76. The zero-order valence-electron chi connectivity index (χ0n) is 18.0. The molecule has 0 spiro atoms. The van der Waals surface area contributed by atoms with Crippen LogP contribution in [-0.4, -0.2) is 18.2 Å². The number of hydrogen-bond donors (Lipinski definition) is 2. The fourth-order valence-corrected chi connectivity index (χ4v) is 3.76. The van der Waals surface area contributed by atoms with E-state index in [2.05, 4.69) is 5.32 Å². The summed E-state index contributed by atoms with van der Waals surface area (Å²) in [5.41, 5.74) is 3.45. The van der Waals surface area contributed by atoms with Crippen LogP contribution in [0, 0.1) is 6.92 Å². The van der Waals surface area contributed by atoms with Gasteiger partial charge < -0.3 is 19.6 Å². The number of para-hydroxylation sites is 1. The number of hydrogen-bond acceptors (Lipinski definition) is 5. The van der Waals surface area contributed by atoms with Crippen LogP contribution in [0.3, 0.4) is 0 Å². The Bertz CT molecular complexity index is 1360. The number of aryl methyl sites for hydroxylation is 1. The summed E-state index contributed by atoms with van der Waals surface area (Å²) in [7, 11) is 1.59. The van der Waals surface area contributed by atoms with Gasteiger partial charge in [-0.3, -0.25) is 4.79 Å². The van der Waals surface area contributed by atoms with Crippen molar-refractivity contribution in [1.82, 2.24) is 0 Å². The fraction of sp³-hybridized carbons (Fsp3) is 0.154. The molecule has 1 atom stereocenters. The highest BCUT2D eigenvalue weighted by Crippen LogP contribution is 2.31. The smallest absolute Gasteiger partial charge is 0.337 e. The molecule has 2 N–H and O–H groups in total. The Labute approximate surface area is 185 Å². The van der Waals surface area contributed by atoms with Gasteiger partial charge in [-0.2, -0.15) is 0 Å². The van der Waals surface area contributed by atoms with Gasteiger partial charge in [-0.05, 0) is 61.9 Å². The van der Waals surface area contributed by atoms with Crippen LogP contribution < -0.4 is 15.5 Å². The van der Waals surface area contributed by atoms with Crippen molar-refractivity contribution in [2.24, 2.45) is 0 Å². The third-order valence-corrected chi connectivity index (χ3v) is 5.37. The third kappa shape index (κ3) is 4.07. The number of benzene rings is 3. The maximum atomic E-state index is 12.9. The first-order valence-electron chi connectivity index (χ1n) is 10.2. The van der Waals surface area contributed by atoms with E-state index in [4.69, 9.17) is 9.15 Å². The van der Waals surface area contributed by atoms with Crippen molar-refractivity contribution < 1.29 is 19.1 Å². The summed E-state index contributed by atoms with van der Waals surface area (Å²) in [6.45, 7) is 3.82. The van der Waals surface area contributed by atoms with Crippen molar-refractivity contribution in [2.75, 3.05) is 12.4 Å². The zero-order chi connectivity index (χ0) is 22.8. The first kappa shape index (κ1) is 21.2. The molecule has 0 saturated carbocycles. The minimum Gasteiger partial charge on any atom is -0.497 e. The quantitative estimate of drug-likeness (QED) is 0.412. The number of rotatable bonds is 6. The first-order chi connectivity index (χ1) is 15.4. The van der Waals surface area contributed by atoms with Crippen molar-refractivity contribution in [3.05, 3.63) is 93.6 Å². The maximum absolute atomic E-state index is 12.9. The number of anilines is 1. The minimum atomic E-state index is -1.01. The van der Waals surface area contributed by atoms with Crippen LogP contribution in [0.4, 0.5) is 5.69 Å². The van der Waals surface area contributed by atoms with Gasteiger partial charge in [0, 0.05) is 22.9 Å². The van der Waals surface area contributed by atoms with Gasteiger partial charge in [-0.15, -0.1) is 0 Å². The van der Waals surface area contributed by atoms with Crippen LogP contribution in [0.25, 0.3) is 22.3 Å². The van der Waals surface area contributed by atoms with Gasteiger partial charge in [-0.1, -0.05) is 18.2 Å². The summed E-state index contributed by atoms with van der Waals surface area (Å²) in [5, 5.41) is 13.2. The summed E-state index contributed by atoms with van der Waals surface area (Å²) in [6.07, 6.45) is 0. The second kappa shape index (κ2) is 8.59. The lowest BCUT2D eigenvalue weighted by Crippen LogP contribution is -2.12. The lowest BCUT2D eigenvalue weighted by Gasteiger charge is -2.19. The number of carboxylic acids is 1. The van der Waals surface area contributed by atoms with Gasteiger partial charge in [-0.25, -0.2) is 4.79 Å². The van der Waals surface area contributed by atoms with E-state index in [9.17, 15) is 14.7 Å². The van der Waals surface area contributed by atoms with Gasteiger partial charge in [0.2, 0.25) is 0 Å². The Morgan fingerprint density at radius 3 is 2.47 bits per heavy atom. The lowest BCUT2D eigenvalue weighted by molar-refractivity contribution is 0.0698. The molecule has 0 aliphatic carbocycles. The highest BCUT2D eigenvalue weighted by atomic mass is 16.5. The Hall–Kier alpha value is -4.06. The van der Waals surface area contributed by atoms with Gasteiger partial charge >= 0.3 is 5.97 Å². The van der Waals surface area contributed by atoms with E-state index in [1.165, 1.54) is 6.07 Å².